The van der Waals surface area contributed by atoms with E-state index in [1.807, 2.05) is 25.5 Å². The molecule has 1 aromatic heterocycles. The largest absolute Gasteiger partial charge is 0.493 e. The number of fused-ring (bicyclic) bond motifs is 1. The number of benzene rings is 1. The number of hydrogen-bond acceptors (Lipinski definition) is 4. The van der Waals surface area contributed by atoms with Crippen LogP contribution < -0.4 is 10.1 Å². The van der Waals surface area contributed by atoms with Crippen molar-refractivity contribution in [3.05, 3.63) is 48.0 Å². The van der Waals surface area contributed by atoms with Crippen molar-refractivity contribution in [3.8, 4) is 5.75 Å². The van der Waals surface area contributed by atoms with E-state index < -0.39 is 0 Å². The Bertz CT molecular complexity index is 700. The predicted molar refractivity (Wildman–Crippen MR) is 96.5 cm³/mol. The summed E-state index contributed by atoms with van der Waals surface area (Å²) in [7, 11) is 2.05. The molecule has 2 aliphatic rings. The van der Waals surface area contributed by atoms with Crippen molar-refractivity contribution >= 4 is 0 Å². The molecule has 0 spiro atoms. The summed E-state index contributed by atoms with van der Waals surface area (Å²) >= 11 is 0. The highest BCUT2D eigenvalue weighted by atomic mass is 16.5. The molecule has 1 saturated heterocycles. The molecular weight excluding hydrogens is 314 g/mol. The van der Waals surface area contributed by atoms with Gasteiger partial charge in [0.1, 0.15) is 17.7 Å². The SMILES string of the molecule is Cn1ccnc1[C@@H]1OCCC[C@H]1CNC1CCCOc2ccccc21. The van der Waals surface area contributed by atoms with Crippen molar-refractivity contribution in [2.75, 3.05) is 19.8 Å². The van der Waals surface area contributed by atoms with Gasteiger partial charge in [-0.25, -0.2) is 4.98 Å². The van der Waals surface area contributed by atoms with Crippen molar-refractivity contribution in [1.82, 2.24) is 14.9 Å². The van der Waals surface area contributed by atoms with Gasteiger partial charge in [0.2, 0.25) is 0 Å². The van der Waals surface area contributed by atoms with E-state index in [9.17, 15) is 0 Å². The highest BCUT2D eigenvalue weighted by molar-refractivity contribution is 5.36. The Hall–Kier alpha value is -1.85. The molecule has 0 aliphatic carbocycles. The maximum atomic E-state index is 6.10. The van der Waals surface area contributed by atoms with Crippen molar-refractivity contribution in [1.29, 1.82) is 0 Å². The molecule has 0 saturated carbocycles. The number of aromatic nitrogens is 2. The molecule has 0 radical (unpaired) electrons. The number of para-hydroxylation sites is 1. The average molecular weight is 341 g/mol. The van der Waals surface area contributed by atoms with Crippen LogP contribution in [-0.2, 0) is 11.8 Å². The lowest BCUT2D eigenvalue weighted by molar-refractivity contribution is -0.0351. The van der Waals surface area contributed by atoms with Crippen LogP contribution >= 0.6 is 0 Å². The number of ether oxygens (including phenoxy) is 2. The molecule has 1 aromatic carbocycles. The molecule has 5 nitrogen and oxygen atoms in total. The summed E-state index contributed by atoms with van der Waals surface area (Å²) in [5.41, 5.74) is 1.28. The molecule has 1 N–H and O–H groups in total. The maximum Gasteiger partial charge on any atom is 0.137 e. The lowest BCUT2D eigenvalue weighted by atomic mass is 9.92. The van der Waals surface area contributed by atoms with E-state index in [-0.39, 0.29) is 6.10 Å². The van der Waals surface area contributed by atoms with Crippen LogP contribution in [0.15, 0.2) is 36.7 Å². The molecule has 2 aromatic rings. The zero-order chi connectivity index (χ0) is 17.1. The molecule has 3 heterocycles. The standard InChI is InChI=1S/C20H27N3O2/c1-23-11-10-21-20(23)19-15(6-4-13-25-19)14-22-17-8-5-12-24-18-9-3-2-7-16(17)18/h2-3,7,9-11,15,17,19,22H,4-6,8,12-14H2,1H3/t15-,17?,19+/m0/s1. The Balaban J connectivity index is 1.47. The Morgan fingerprint density at radius 1 is 1.20 bits per heavy atom. The van der Waals surface area contributed by atoms with Gasteiger partial charge in [0.05, 0.1) is 6.61 Å². The molecular formula is C20H27N3O2. The number of nitrogens with zero attached hydrogens (tertiary/aromatic N) is 2. The molecule has 134 valence electrons. The van der Waals surface area contributed by atoms with E-state index in [0.717, 1.165) is 50.6 Å². The molecule has 25 heavy (non-hydrogen) atoms. The van der Waals surface area contributed by atoms with Gasteiger partial charge < -0.3 is 19.4 Å². The summed E-state index contributed by atoms with van der Waals surface area (Å²) in [6.45, 7) is 2.57. The fourth-order valence-corrected chi connectivity index (χ4v) is 4.02. The van der Waals surface area contributed by atoms with Crippen molar-refractivity contribution in [2.24, 2.45) is 13.0 Å². The van der Waals surface area contributed by atoms with E-state index in [1.54, 1.807) is 0 Å². The minimum atomic E-state index is 0.0820. The summed E-state index contributed by atoms with van der Waals surface area (Å²) in [6.07, 6.45) is 8.42. The van der Waals surface area contributed by atoms with Crippen LogP contribution in [0.5, 0.6) is 5.75 Å². The summed E-state index contributed by atoms with van der Waals surface area (Å²) < 4.78 is 14.1. The first-order valence-corrected chi connectivity index (χ1v) is 9.37. The van der Waals surface area contributed by atoms with Crippen molar-refractivity contribution < 1.29 is 9.47 Å². The van der Waals surface area contributed by atoms with Gasteiger partial charge in [-0.2, -0.15) is 0 Å². The van der Waals surface area contributed by atoms with Crippen LogP contribution in [0.3, 0.4) is 0 Å². The number of hydrogen-bond donors (Lipinski definition) is 1. The van der Waals surface area contributed by atoms with Gasteiger partial charge in [0.15, 0.2) is 0 Å². The highest BCUT2D eigenvalue weighted by Gasteiger charge is 2.31. The number of imidazole rings is 1. The first kappa shape index (κ1) is 16.6. The van der Waals surface area contributed by atoms with E-state index in [1.165, 1.54) is 12.0 Å². The van der Waals surface area contributed by atoms with Gasteiger partial charge in [0.25, 0.3) is 0 Å². The number of nitrogens with one attached hydrogen (secondary N) is 1. The molecule has 1 fully saturated rings. The normalized spacial score (nSPS) is 26.5. The second-order valence-corrected chi connectivity index (χ2v) is 7.08. The monoisotopic (exact) mass is 341 g/mol. The van der Waals surface area contributed by atoms with E-state index in [4.69, 9.17) is 9.47 Å². The third-order valence-corrected chi connectivity index (χ3v) is 5.37. The molecule has 2 aliphatic heterocycles. The van der Waals surface area contributed by atoms with Gasteiger partial charge in [0, 0.05) is 50.1 Å². The highest BCUT2D eigenvalue weighted by Crippen LogP contribution is 2.35. The summed E-state index contributed by atoms with van der Waals surface area (Å²) in [5.74, 6) is 2.51. The topological polar surface area (TPSA) is 48.3 Å². The Morgan fingerprint density at radius 2 is 2.08 bits per heavy atom. The van der Waals surface area contributed by atoms with Crippen molar-refractivity contribution in [3.63, 3.8) is 0 Å². The Morgan fingerprint density at radius 3 is 2.96 bits per heavy atom. The van der Waals surface area contributed by atoms with Gasteiger partial charge in [-0.05, 0) is 31.7 Å². The first-order valence-electron chi connectivity index (χ1n) is 9.37. The zero-order valence-electron chi connectivity index (χ0n) is 14.9. The Labute approximate surface area is 149 Å². The maximum absolute atomic E-state index is 6.10. The van der Waals surface area contributed by atoms with Gasteiger partial charge in [-0.15, -0.1) is 0 Å². The quantitative estimate of drug-likeness (QED) is 0.926. The minimum Gasteiger partial charge on any atom is -0.493 e. The Kier molecular flexibility index (Phi) is 5.04. The van der Waals surface area contributed by atoms with Crippen molar-refractivity contribution in [2.45, 2.75) is 37.8 Å². The first-order chi connectivity index (χ1) is 12.3. The lowest BCUT2D eigenvalue weighted by Gasteiger charge is -2.32. The van der Waals surface area contributed by atoms with E-state index >= 15 is 0 Å². The van der Waals surface area contributed by atoms with Crippen LogP contribution in [-0.4, -0.2) is 29.3 Å². The van der Waals surface area contributed by atoms with Crippen LogP contribution in [0.1, 0.15) is 49.2 Å². The summed E-state index contributed by atoms with van der Waals surface area (Å²) in [4.78, 5) is 4.53. The van der Waals surface area contributed by atoms with Gasteiger partial charge in [-0.3, -0.25) is 0 Å². The smallest absolute Gasteiger partial charge is 0.137 e. The fourth-order valence-electron chi connectivity index (χ4n) is 4.02. The van der Waals surface area contributed by atoms with Crippen LogP contribution in [0.25, 0.3) is 0 Å². The number of aryl methyl sites for hydroxylation is 1. The third kappa shape index (κ3) is 3.58. The molecule has 0 amide bonds. The molecule has 5 heteroatoms. The van der Waals surface area contributed by atoms with Gasteiger partial charge in [-0.1, -0.05) is 18.2 Å². The number of rotatable bonds is 4. The fraction of sp³-hybridized carbons (Fsp3) is 0.550. The predicted octanol–water partition coefficient (Wildman–Crippen LogP) is 3.39. The van der Waals surface area contributed by atoms with E-state index in [0.29, 0.717) is 12.0 Å². The summed E-state index contributed by atoms with van der Waals surface area (Å²) in [5, 5.41) is 3.80. The molecule has 4 rings (SSSR count). The zero-order valence-corrected chi connectivity index (χ0v) is 14.9. The second-order valence-electron chi connectivity index (χ2n) is 7.08. The summed E-state index contributed by atoms with van der Waals surface area (Å²) in [6, 6.07) is 8.76. The molecule has 0 bridgehead atoms. The van der Waals surface area contributed by atoms with E-state index in [2.05, 4.69) is 33.1 Å². The third-order valence-electron chi connectivity index (χ3n) is 5.37. The van der Waals surface area contributed by atoms with Gasteiger partial charge >= 0.3 is 0 Å². The average Bonchev–Trinajstić information content (AvgIpc) is 2.96. The van der Waals surface area contributed by atoms with Crippen LogP contribution in [0.4, 0.5) is 0 Å². The van der Waals surface area contributed by atoms with Crippen LogP contribution in [0.2, 0.25) is 0 Å². The molecule has 3 atom stereocenters. The minimum absolute atomic E-state index is 0.0820. The lowest BCUT2D eigenvalue weighted by Crippen LogP contribution is -2.34. The van der Waals surface area contributed by atoms with Crippen LogP contribution in [0, 0.1) is 5.92 Å². The second kappa shape index (κ2) is 7.58. The molecule has 1 unspecified atom stereocenters.